The van der Waals surface area contributed by atoms with Gasteiger partial charge in [-0.3, -0.25) is 4.79 Å². The van der Waals surface area contributed by atoms with Crippen molar-refractivity contribution >= 4 is 12.0 Å². The molecule has 0 unspecified atom stereocenters. The van der Waals surface area contributed by atoms with Crippen molar-refractivity contribution in [2.75, 3.05) is 6.54 Å². The number of hydrogen-bond acceptors (Lipinski definition) is 3. The molecular weight excluding hydrogens is 328 g/mol. The molecule has 0 aliphatic carbocycles. The fraction of sp³-hybridized carbons (Fsp3) is 0.905. The Morgan fingerprint density at radius 3 is 1.69 bits per heavy atom. The van der Waals surface area contributed by atoms with Gasteiger partial charge in [0, 0.05) is 6.54 Å². The van der Waals surface area contributed by atoms with E-state index in [0.29, 0.717) is 6.54 Å². The van der Waals surface area contributed by atoms with Crippen molar-refractivity contribution in [1.82, 2.24) is 10.6 Å². The topological polar surface area (TPSA) is 67.4 Å². The maximum Gasteiger partial charge on any atom is 0.408 e. The standard InChI is InChI=1S/C21H42N2O3/c1-7-8-9-10-11-12-13-14-15-16-17-22-18(24)21(5,6)23-19(25)26-20(2,3)4/h7-17H2,1-6H3,(H,22,24)(H,23,25). The Labute approximate surface area is 161 Å². The van der Waals surface area contributed by atoms with Gasteiger partial charge in [0.1, 0.15) is 11.1 Å². The summed E-state index contributed by atoms with van der Waals surface area (Å²) < 4.78 is 5.21. The van der Waals surface area contributed by atoms with Crippen LogP contribution >= 0.6 is 0 Å². The minimum atomic E-state index is -0.985. The first-order valence-corrected chi connectivity index (χ1v) is 10.4. The van der Waals surface area contributed by atoms with Gasteiger partial charge in [-0.25, -0.2) is 4.79 Å². The number of unbranched alkanes of at least 4 members (excludes halogenated alkanes) is 9. The van der Waals surface area contributed by atoms with Crippen LogP contribution in [-0.4, -0.2) is 29.7 Å². The first-order valence-electron chi connectivity index (χ1n) is 10.4. The molecule has 0 aromatic heterocycles. The summed E-state index contributed by atoms with van der Waals surface area (Å²) in [6.45, 7) is 11.7. The molecule has 0 aliphatic heterocycles. The van der Waals surface area contributed by atoms with E-state index in [-0.39, 0.29) is 5.91 Å². The molecule has 2 amide bonds. The average Bonchev–Trinajstić information content (AvgIpc) is 2.49. The first kappa shape index (κ1) is 24.7. The largest absolute Gasteiger partial charge is 0.444 e. The van der Waals surface area contributed by atoms with Gasteiger partial charge in [-0.2, -0.15) is 0 Å². The maximum absolute atomic E-state index is 12.2. The van der Waals surface area contributed by atoms with E-state index in [9.17, 15) is 9.59 Å². The van der Waals surface area contributed by atoms with Gasteiger partial charge in [0.25, 0.3) is 0 Å². The number of carbonyl (C=O) groups excluding carboxylic acids is 2. The number of nitrogens with one attached hydrogen (secondary N) is 2. The Balaban J connectivity index is 3.75. The number of hydrogen-bond donors (Lipinski definition) is 2. The number of carbonyl (C=O) groups is 2. The highest BCUT2D eigenvalue weighted by Gasteiger charge is 2.31. The van der Waals surface area contributed by atoms with Gasteiger partial charge in [-0.15, -0.1) is 0 Å². The van der Waals surface area contributed by atoms with E-state index in [4.69, 9.17) is 4.74 Å². The summed E-state index contributed by atoms with van der Waals surface area (Å²) in [4.78, 5) is 24.1. The van der Waals surface area contributed by atoms with E-state index in [2.05, 4.69) is 17.6 Å². The van der Waals surface area contributed by atoms with E-state index >= 15 is 0 Å². The molecule has 0 aromatic carbocycles. The molecule has 0 aromatic rings. The Morgan fingerprint density at radius 2 is 1.23 bits per heavy atom. The fourth-order valence-corrected chi connectivity index (χ4v) is 2.65. The van der Waals surface area contributed by atoms with E-state index in [1.807, 2.05) is 0 Å². The number of alkyl carbamates (subject to hydrolysis) is 1. The summed E-state index contributed by atoms with van der Waals surface area (Å²) in [7, 11) is 0. The Bertz CT molecular complexity index is 401. The van der Waals surface area contributed by atoms with Crippen LogP contribution in [0.2, 0.25) is 0 Å². The summed E-state index contributed by atoms with van der Waals surface area (Å²) in [6.07, 6.45) is 12.1. The average molecular weight is 371 g/mol. The van der Waals surface area contributed by atoms with Crippen LogP contribution in [0.4, 0.5) is 4.79 Å². The van der Waals surface area contributed by atoms with Gasteiger partial charge in [-0.05, 0) is 41.0 Å². The normalized spacial score (nSPS) is 11.9. The smallest absolute Gasteiger partial charge is 0.408 e. The molecule has 0 atom stereocenters. The fourth-order valence-electron chi connectivity index (χ4n) is 2.65. The lowest BCUT2D eigenvalue weighted by Crippen LogP contribution is -2.55. The van der Waals surface area contributed by atoms with Crippen molar-refractivity contribution in [3.8, 4) is 0 Å². The lowest BCUT2D eigenvalue weighted by molar-refractivity contribution is -0.126. The molecule has 0 spiro atoms. The molecule has 5 nitrogen and oxygen atoms in total. The highest BCUT2D eigenvalue weighted by molar-refractivity contribution is 5.89. The zero-order chi connectivity index (χ0) is 20.1. The van der Waals surface area contributed by atoms with Crippen LogP contribution in [0.15, 0.2) is 0 Å². The second-order valence-corrected chi connectivity index (χ2v) is 8.69. The SMILES string of the molecule is CCCCCCCCCCCCNC(=O)C(C)(C)NC(=O)OC(C)(C)C. The molecule has 0 rings (SSSR count). The van der Waals surface area contributed by atoms with Gasteiger partial charge >= 0.3 is 6.09 Å². The predicted molar refractivity (Wildman–Crippen MR) is 108 cm³/mol. The van der Waals surface area contributed by atoms with E-state index in [1.165, 1.54) is 51.4 Å². The molecule has 2 N–H and O–H groups in total. The van der Waals surface area contributed by atoms with Gasteiger partial charge in [0.2, 0.25) is 5.91 Å². The van der Waals surface area contributed by atoms with Crippen LogP contribution in [0, 0.1) is 0 Å². The zero-order valence-corrected chi connectivity index (χ0v) is 18.0. The van der Waals surface area contributed by atoms with Gasteiger partial charge in [0.05, 0.1) is 0 Å². The number of ether oxygens (including phenoxy) is 1. The summed E-state index contributed by atoms with van der Waals surface area (Å²) in [5.74, 6) is -0.181. The Hall–Kier alpha value is -1.26. The van der Waals surface area contributed by atoms with Crippen molar-refractivity contribution in [2.45, 2.75) is 117 Å². The van der Waals surface area contributed by atoms with Crippen molar-refractivity contribution in [2.24, 2.45) is 0 Å². The Kier molecular flexibility index (Phi) is 12.4. The second kappa shape index (κ2) is 13.0. The highest BCUT2D eigenvalue weighted by Crippen LogP contribution is 2.11. The third-order valence-corrected chi connectivity index (χ3v) is 4.20. The van der Waals surface area contributed by atoms with E-state index in [0.717, 1.165) is 12.8 Å². The summed E-state index contributed by atoms with van der Waals surface area (Å²) >= 11 is 0. The molecule has 0 bridgehead atoms. The molecule has 0 fully saturated rings. The van der Waals surface area contributed by atoms with Crippen molar-refractivity contribution in [3.05, 3.63) is 0 Å². The van der Waals surface area contributed by atoms with Crippen molar-refractivity contribution in [3.63, 3.8) is 0 Å². The van der Waals surface area contributed by atoms with Crippen molar-refractivity contribution in [1.29, 1.82) is 0 Å². The van der Waals surface area contributed by atoms with Crippen LogP contribution in [0.1, 0.15) is 106 Å². The molecule has 26 heavy (non-hydrogen) atoms. The van der Waals surface area contributed by atoms with Gasteiger partial charge < -0.3 is 15.4 Å². The van der Waals surface area contributed by atoms with E-state index < -0.39 is 17.2 Å². The van der Waals surface area contributed by atoms with Crippen LogP contribution in [0.5, 0.6) is 0 Å². The monoisotopic (exact) mass is 370 g/mol. The summed E-state index contributed by atoms with van der Waals surface area (Å²) in [5, 5.41) is 5.54. The third kappa shape index (κ3) is 14.0. The first-order chi connectivity index (χ1) is 12.1. The van der Waals surface area contributed by atoms with Crippen LogP contribution in [-0.2, 0) is 9.53 Å². The maximum atomic E-state index is 12.2. The summed E-state index contributed by atoms with van der Waals surface area (Å²) in [5.41, 5.74) is -1.56. The van der Waals surface area contributed by atoms with Crippen LogP contribution in [0.3, 0.4) is 0 Å². The highest BCUT2D eigenvalue weighted by atomic mass is 16.6. The lowest BCUT2D eigenvalue weighted by atomic mass is 10.0. The van der Waals surface area contributed by atoms with Crippen LogP contribution in [0.25, 0.3) is 0 Å². The Morgan fingerprint density at radius 1 is 0.769 bits per heavy atom. The van der Waals surface area contributed by atoms with E-state index in [1.54, 1.807) is 34.6 Å². The molecule has 154 valence electrons. The molecular formula is C21H42N2O3. The number of amides is 2. The summed E-state index contributed by atoms with van der Waals surface area (Å²) in [6, 6.07) is 0. The predicted octanol–water partition coefficient (Wildman–Crippen LogP) is 5.33. The molecule has 5 heteroatoms. The molecule has 0 saturated carbocycles. The molecule has 0 radical (unpaired) electrons. The second-order valence-electron chi connectivity index (χ2n) is 8.69. The third-order valence-electron chi connectivity index (χ3n) is 4.20. The quantitative estimate of drug-likeness (QED) is 0.431. The number of rotatable bonds is 13. The van der Waals surface area contributed by atoms with Crippen molar-refractivity contribution < 1.29 is 14.3 Å². The molecule has 0 saturated heterocycles. The molecule has 0 heterocycles. The minimum absolute atomic E-state index is 0.181. The van der Waals surface area contributed by atoms with Crippen LogP contribution < -0.4 is 10.6 Å². The molecule has 0 aliphatic rings. The zero-order valence-electron chi connectivity index (χ0n) is 18.0. The van der Waals surface area contributed by atoms with Gasteiger partial charge in [-0.1, -0.05) is 64.7 Å². The lowest BCUT2D eigenvalue weighted by Gasteiger charge is -2.27. The minimum Gasteiger partial charge on any atom is -0.444 e. The van der Waals surface area contributed by atoms with Gasteiger partial charge in [0.15, 0.2) is 0 Å².